The third kappa shape index (κ3) is 6.52. The van der Waals surface area contributed by atoms with E-state index in [0.717, 1.165) is 31.5 Å². The van der Waals surface area contributed by atoms with E-state index in [9.17, 15) is 19.7 Å². The van der Waals surface area contributed by atoms with E-state index in [0.29, 0.717) is 40.2 Å². The van der Waals surface area contributed by atoms with Crippen molar-refractivity contribution in [1.29, 1.82) is 0 Å². The van der Waals surface area contributed by atoms with Gasteiger partial charge in [0.25, 0.3) is 11.6 Å². The number of nitrogens with one attached hydrogen (secondary N) is 1. The molecule has 1 fully saturated rings. The van der Waals surface area contributed by atoms with Crippen LogP contribution in [0.25, 0.3) is 11.0 Å². The second-order valence-corrected chi connectivity index (χ2v) is 9.54. The highest BCUT2D eigenvalue weighted by atomic mass is 16.6. The van der Waals surface area contributed by atoms with Crippen LogP contribution in [0.2, 0.25) is 0 Å². The average molecular weight is 557 g/mol. The fourth-order valence-corrected chi connectivity index (χ4v) is 4.54. The molecular formula is C30H28N4O7. The lowest BCUT2D eigenvalue weighted by Gasteiger charge is -2.26. The number of ether oxygens (including phenoxy) is 2. The number of amides is 2. The van der Waals surface area contributed by atoms with Gasteiger partial charge in [-0.1, -0.05) is 12.1 Å². The molecule has 0 aliphatic carbocycles. The highest BCUT2D eigenvalue weighted by Gasteiger charge is 2.18. The Hall–Kier alpha value is -5.19. The van der Waals surface area contributed by atoms with Crippen LogP contribution in [0.4, 0.5) is 5.69 Å². The van der Waals surface area contributed by atoms with Crippen molar-refractivity contribution in [3.8, 4) is 11.5 Å². The Morgan fingerprint density at radius 1 is 1.02 bits per heavy atom. The largest absolute Gasteiger partial charge is 0.493 e. The van der Waals surface area contributed by atoms with Crippen molar-refractivity contribution in [3.63, 3.8) is 0 Å². The zero-order chi connectivity index (χ0) is 28.8. The molecule has 11 heteroatoms. The highest BCUT2D eigenvalue weighted by Crippen LogP contribution is 2.29. The molecule has 0 saturated carbocycles. The molecule has 3 aromatic carbocycles. The predicted molar refractivity (Wildman–Crippen MR) is 151 cm³/mol. The van der Waals surface area contributed by atoms with Gasteiger partial charge in [0.2, 0.25) is 0 Å². The van der Waals surface area contributed by atoms with Crippen molar-refractivity contribution >= 4 is 34.7 Å². The summed E-state index contributed by atoms with van der Waals surface area (Å²) in [6, 6.07) is 18.1. The number of carbonyl (C=O) groups excluding carboxylic acids is 2. The number of carbonyl (C=O) groups is 2. The lowest BCUT2D eigenvalue weighted by atomic mass is 10.1. The number of nitrogens with zero attached hydrogens (tertiary/aromatic N) is 3. The maximum Gasteiger partial charge on any atom is 0.307 e. The molecule has 1 aliphatic rings. The molecule has 41 heavy (non-hydrogen) atoms. The van der Waals surface area contributed by atoms with E-state index in [1.54, 1.807) is 18.2 Å². The summed E-state index contributed by atoms with van der Waals surface area (Å²) in [5.74, 6) is 0.448. The fourth-order valence-electron chi connectivity index (χ4n) is 4.54. The van der Waals surface area contributed by atoms with Crippen LogP contribution in [0.15, 0.2) is 76.2 Å². The molecule has 0 radical (unpaired) electrons. The van der Waals surface area contributed by atoms with E-state index in [1.165, 1.54) is 44.0 Å². The molecule has 11 nitrogen and oxygen atoms in total. The quantitative estimate of drug-likeness (QED) is 0.167. The van der Waals surface area contributed by atoms with Crippen LogP contribution in [0.1, 0.15) is 51.3 Å². The first kappa shape index (κ1) is 27.4. The summed E-state index contributed by atoms with van der Waals surface area (Å²) in [6.07, 6.45) is 4.72. The normalized spacial score (nSPS) is 13.3. The van der Waals surface area contributed by atoms with Gasteiger partial charge >= 0.3 is 5.91 Å². The maximum atomic E-state index is 12.7. The molecular weight excluding hydrogens is 528 g/mol. The number of hydrogen-bond donors (Lipinski definition) is 1. The SMILES string of the molecule is COc1cc(/C=N\NC(=O)c2cc3cc([N+](=O)[O-])ccc3o2)ccc1OCc1ccc(C(=O)N2CCCCC2)cc1. The number of nitro benzene ring substituents is 1. The van der Waals surface area contributed by atoms with Crippen molar-refractivity contribution < 1.29 is 28.4 Å². The molecule has 0 spiro atoms. The number of hydrazone groups is 1. The topological polar surface area (TPSA) is 137 Å². The molecule has 0 bridgehead atoms. The van der Waals surface area contributed by atoms with E-state index in [4.69, 9.17) is 13.9 Å². The van der Waals surface area contributed by atoms with Gasteiger partial charge in [-0.15, -0.1) is 0 Å². The lowest BCUT2D eigenvalue weighted by Crippen LogP contribution is -2.35. The zero-order valence-corrected chi connectivity index (χ0v) is 22.4. The van der Waals surface area contributed by atoms with Crippen molar-refractivity contribution in [2.24, 2.45) is 5.10 Å². The van der Waals surface area contributed by atoms with E-state index in [1.807, 2.05) is 29.2 Å². The van der Waals surface area contributed by atoms with Crippen LogP contribution in [-0.2, 0) is 6.61 Å². The highest BCUT2D eigenvalue weighted by molar-refractivity contribution is 5.97. The van der Waals surface area contributed by atoms with Crippen molar-refractivity contribution in [2.75, 3.05) is 20.2 Å². The molecule has 2 heterocycles. The van der Waals surface area contributed by atoms with Gasteiger partial charge in [0.15, 0.2) is 17.3 Å². The maximum absolute atomic E-state index is 12.7. The van der Waals surface area contributed by atoms with Crippen LogP contribution in [0.3, 0.4) is 0 Å². The standard InChI is InChI=1S/C30H28N4O7/c1-39-27-15-21(18-31-32-29(35)28-17-23-16-24(34(37)38)10-12-25(23)41-28)7-11-26(27)40-19-20-5-8-22(9-6-20)30(36)33-13-3-2-4-14-33/h5-12,15-18H,2-4,13-14,19H2,1H3,(H,32,35)/b31-18-. The number of non-ortho nitro benzene ring substituents is 1. The molecule has 1 saturated heterocycles. The summed E-state index contributed by atoms with van der Waals surface area (Å²) >= 11 is 0. The minimum absolute atomic E-state index is 0.0251. The molecule has 210 valence electrons. The van der Waals surface area contributed by atoms with Gasteiger partial charge in [0.05, 0.1) is 18.2 Å². The number of piperidine rings is 1. The van der Waals surface area contributed by atoms with Crippen molar-refractivity contribution in [2.45, 2.75) is 25.9 Å². The summed E-state index contributed by atoms with van der Waals surface area (Å²) in [4.78, 5) is 37.5. The first-order chi connectivity index (χ1) is 19.9. The molecule has 2 amide bonds. The number of hydrogen-bond acceptors (Lipinski definition) is 8. The van der Waals surface area contributed by atoms with E-state index in [-0.39, 0.29) is 17.4 Å². The predicted octanol–water partition coefficient (Wildman–Crippen LogP) is 5.32. The number of benzene rings is 3. The number of nitro groups is 1. The third-order valence-electron chi connectivity index (χ3n) is 6.74. The van der Waals surface area contributed by atoms with E-state index < -0.39 is 10.8 Å². The molecule has 1 N–H and O–H groups in total. The Morgan fingerprint density at radius 2 is 1.80 bits per heavy atom. The van der Waals surface area contributed by atoms with Crippen molar-refractivity contribution in [1.82, 2.24) is 10.3 Å². The van der Waals surface area contributed by atoms with E-state index >= 15 is 0 Å². The summed E-state index contributed by atoms with van der Waals surface area (Å²) < 4.78 is 16.9. The van der Waals surface area contributed by atoms with E-state index in [2.05, 4.69) is 10.5 Å². The smallest absolute Gasteiger partial charge is 0.307 e. The number of likely N-dealkylation sites (tertiary alicyclic amines) is 1. The van der Waals surface area contributed by atoms with Crippen LogP contribution in [0.5, 0.6) is 11.5 Å². The first-order valence-corrected chi connectivity index (χ1v) is 13.1. The van der Waals surface area contributed by atoms with Gasteiger partial charge in [-0.3, -0.25) is 19.7 Å². The Bertz CT molecular complexity index is 1610. The number of rotatable bonds is 9. The summed E-state index contributed by atoms with van der Waals surface area (Å²) in [5, 5.41) is 15.4. The Balaban J connectivity index is 1.17. The number of furan rings is 1. The molecule has 0 atom stereocenters. The molecule has 0 unspecified atom stereocenters. The summed E-state index contributed by atoms with van der Waals surface area (Å²) in [6.45, 7) is 1.91. The third-order valence-corrected chi connectivity index (χ3v) is 6.74. The Kier molecular flexibility index (Phi) is 8.23. The van der Waals surface area contributed by atoms with Crippen LogP contribution < -0.4 is 14.9 Å². The number of methoxy groups -OCH3 is 1. The van der Waals surface area contributed by atoms with Gasteiger partial charge < -0.3 is 18.8 Å². The lowest BCUT2D eigenvalue weighted by molar-refractivity contribution is -0.384. The second-order valence-electron chi connectivity index (χ2n) is 9.54. The molecule has 5 rings (SSSR count). The number of fused-ring (bicyclic) bond motifs is 1. The monoisotopic (exact) mass is 556 g/mol. The van der Waals surface area contributed by atoms with Crippen LogP contribution >= 0.6 is 0 Å². The molecule has 4 aromatic rings. The fraction of sp³-hybridized carbons (Fsp3) is 0.233. The minimum atomic E-state index is -0.601. The van der Waals surface area contributed by atoms with Gasteiger partial charge in [-0.2, -0.15) is 5.10 Å². The molecule has 1 aromatic heterocycles. The van der Waals surface area contributed by atoms with Crippen molar-refractivity contribution in [3.05, 3.63) is 99.3 Å². The average Bonchev–Trinajstić information content (AvgIpc) is 3.44. The van der Waals surface area contributed by atoms with Gasteiger partial charge in [-0.25, -0.2) is 5.43 Å². The van der Waals surface area contributed by atoms with Gasteiger partial charge in [0.1, 0.15) is 12.2 Å². The van der Waals surface area contributed by atoms with Crippen LogP contribution in [-0.4, -0.2) is 48.1 Å². The second kappa shape index (κ2) is 12.3. The van der Waals surface area contributed by atoms with Gasteiger partial charge in [0, 0.05) is 36.2 Å². The summed E-state index contributed by atoms with van der Waals surface area (Å²) in [7, 11) is 1.53. The zero-order valence-electron chi connectivity index (χ0n) is 22.4. The Labute approximate surface area is 235 Å². The Morgan fingerprint density at radius 3 is 2.54 bits per heavy atom. The van der Waals surface area contributed by atoms with Crippen LogP contribution in [0, 0.1) is 10.1 Å². The minimum Gasteiger partial charge on any atom is -0.493 e. The summed E-state index contributed by atoms with van der Waals surface area (Å²) in [5.41, 5.74) is 4.88. The molecule has 1 aliphatic heterocycles. The van der Waals surface area contributed by atoms with Gasteiger partial charge in [-0.05, 0) is 72.9 Å². The first-order valence-electron chi connectivity index (χ1n) is 13.1.